The third-order valence-electron chi connectivity index (χ3n) is 6.73. The number of nitrogens with one attached hydrogen (secondary N) is 1. The molecule has 0 unspecified atom stereocenters. The zero-order valence-electron chi connectivity index (χ0n) is 19.9. The summed E-state index contributed by atoms with van der Waals surface area (Å²) in [7, 11) is 0. The van der Waals surface area contributed by atoms with Gasteiger partial charge in [-0.25, -0.2) is 13.6 Å². The highest BCUT2D eigenvalue weighted by atomic mass is 19.1. The molecule has 1 atom stereocenters. The molecule has 186 valence electrons. The van der Waals surface area contributed by atoms with Crippen molar-refractivity contribution in [2.24, 2.45) is 11.7 Å². The normalized spacial score (nSPS) is 15.1. The number of ether oxygens (including phenoxy) is 1. The lowest BCUT2D eigenvalue weighted by Crippen LogP contribution is -2.32. The van der Waals surface area contributed by atoms with Gasteiger partial charge < -0.3 is 20.4 Å². The molecule has 1 fully saturated rings. The molecule has 0 bridgehead atoms. The number of benzene rings is 2. The van der Waals surface area contributed by atoms with Crippen LogP contribution in [-0.4, -0.2) is 23.8 Å². The molecule has 4 rings (SSSR count). The van der Waals surface area contributed by atoms with Crippen LogP contribution in [0.25, 0.3) is 11.1 Å². The maximum Gasteiger partial charge on any atom is 0.404 e. The number of hydrogen-bond donors (Lipinski definition) is 2. The topological polar surface area (TPSA) is 69.3 Å². The van der Waals surface area contributed by atoms with Gasteiger partial charge in [-0.3, -0.25) is 0 Å². The summed E-state index contributed by atoms with van der Waals surface area (Å²) in [6.07, 6.45) is 7.60. The van der Waals surface area contributed by atoms with Crippen LogP contribution in [0, 0.1) is 17.6 Å². The first-order valence-corrected chi connectivity index (χ1v) is 12.4. The second-order valence-electron chi connectivity index (χ2n) is 9.24. The molecule has 7 heteroatoms. The van der Waals surface area contributed by atoms with E-state index in [0.717, 1.165) is 30.2 Å². The Morgan fingerprint density at radius 2 is 1.86 bits per heavy atom. The highest BCUT2D eigenvalue weighted by molar-refractivity contribution is 5.65. The smallest absolute Gasteiger partial charge is 0.404 e. The van der Waals surface area contributed by atoms with Crippen molar-refractivity contribution in [2.45, 2.75) is 51.1 Å². The highest BCUT2D eigenvalue weighted by Gasteiger charge is 2.28. The van der Waals surface area contributed by atoms with Gasteiger partial charge in [-0.15, -0.1) is 0 Å². The molecule has 3 aromatic rings. The van der Waals surface area contributed by atoms with E-state index >= 15 is 0 Å². The van der Waals surface area contributed by atoms with Gasteiger partial charge in [0, 0.05) is 29.6 Å². The first-order chi connectivity index (χ1) is 17.0. The van der Waals surface area contributed by atoms with Crippen LogP contribution < -0.4 is 11.1 Å². The van der Waals surface area contributed by atoms with Gasteiger partial charge in [-0.05, 0) is 61.6 Å². The highest BCUT2D eigenvalue weighted by Crippen LogP contribution is 2.37. The molecule has 5 nitrogen and oxygen atoms in total. The molecule has 1 aromatic heterocycles. The second-order valence-corrected chi connectivity index (χ2v) is 9.24. The number of nitrogens with zero attached hydrogens (tertiary/aromatic N) is 1. The fraction of sp³-hybridized carbons (Fsp3) is 0.393. The lowest BCUT2D eigenvalue weighted by atomic mass is 9.82. The molecule has 0 aliphatic heterocycles. The minimum absolute atomic E-state index is 0.0398. The average molecular weight is 482 g/mol. The number of carbonyl (C=O) groups is 1. The Labute approximate surface area is 205 Å². The minimum atomic E-state index is -0.771. The number of rotatable bonds is 10. The minimum Gasteiger partial charge on any atom is -0.450 e. The van der Waals surface area contributed by atoms with Crippen molar-refractivity contribution in [2.75, 3.05) is 13.2 Å². The predicted molar refractivity (Wildman–Crippen MR) is 133 cm³/mol. The van der Waals surface area contributed by atoms with Gasteiger partial charge in [0.2, 0.25) is 0 Å². The lowest BCUT2D eigenvalue weighted by Gasteiger charge is -2.32. The fourth-order valence-electron chi connectivity index (χ4n) is 5.06. The van der Waals surface area contributed by atoms with Crippen molar-refractivity contribution in [3.8, 4) is 11.1 Å². The summed E-state index contributed by atoms with van der Waals surface area (Å²) in [6.45, 7) is 1.53. The van der Waals surface area contributed by atoms with Gasteiger partial charge in [0.15, 0.2) is 0 Å². The zero-order valence-corrected chi connectivity index (χ0v) is 19.9. The maximum atomic E-state index is 14.7. The fourth-order valence-corrected chi connectivity index (χ4v) is 5.06. The van der Waals surface area contributed by atoms with E-state index in [2.05, 4.69) is 22.0 Å². The molecule has 1 heterocycles. The third kappa shape index (κ3) is 6.69. The lowest BCUT2D eigenvalue weighted by molar-refractivity contribution is 0.154. The molecule has 0 saturated heterocycles. The molecule has 1 saturated carbocycles. The summed E-state index contributed by atoms with van der Waals surface area (Å²) in [5, 5.41) is 3.68. The number of hydrogen-bond acceptors (Lipinski definition) is 3. The van der Waals surface area contributed by atoms with Crippen LogP contribution in [0.15, 0.2) is 60.8 Å². The maximum absolute atomic E-state index is 14.7. The summed E-state index contributed by atoms with van der Waals surface area (Å²) in [4.78, 5) is 10.9. The van der Waals surface area contributed by atoms with Crippen LogP contribution in [0.2, 0.25) is 0 Å². The van der Waals surface area contributed by atoms with Crippen molar-refractivity contribution in [3.05, 3.63) is 83.7 Å². The van der Waals surface area contributed by atoms with E-state index in [-0.39, 0.29) is 18.2 Å². The standard InChI is InChI=1S/C28H33F2N3O2/c29-23-12-13-25(30)24(17-23)22-16-26(33(19-22)18-20-8-3-1-4-9-20)27(21-10-5-2-6-11-21)32-14-7-15-35-28(31)34/h1,3-4,8-9,12-13,16-17,19,21,27,32H,2,5-7,10-11,14-15,18H2,(H2,31,34)/t27-/m1/s1. The summed E-state index contributed by atoms with van der Waals surface area (Å²) >= 11 is 0. The van der Waals surface area contributed by atoms with E-state index in [9.17, 15) is 13.6 Å². The van der Waals surface area contributed by atoms with Gasteiger partial charge >= 0.3 is 6.09 Å². The first-order valence-electron chi connectivity index (χ1n) is 12.4. The van der Waals surface area contributed by atoms with Gasteiger partial charge in [0.1, 0.15) is 11.6 Å². The Kier molecular flexibility index (Phi) is 8.53. The van der Waals surface area contributed by atoms with Crippen molar-refractivity contribution in [3.63, 3.8) is 0 Å². The quantitative estimate of drug-likeness (QED) is 0.340. The predicted octanol–water partition coefficient (Wildman–Crippen LogP) is 6.18. The van der Waals surface area contributed by atoms with Crippen LogP contribution in [0.3, 0.4) is 0 Å². The van der Waals surface area contributed by atoms with E-state index in [1.54, 1.807) is 0 Å². The number of amides is 1. The van der Waals surface area contributed by atoms with E-state index in [1.165, 1.54) is 31.4 Å². The monoisotopic (exact) mass is 481 g/mol. The Balaban J connectivity index is 1.67. The number of halogens is 2. The van der Waals surface area contributed by atoms with Gasteiger partial charge in [0.25, 0.3) is 0 Å². The van der Waals surface area contributed by atoms with Crippen molar-refractivity contribution >= 4 is 6.09 Å². The number of aromatic nitrogens is 1. The van der Waals surface area contributed by atoms with E-state index in [4.69, 9.17) is 10.5 Å². The Hall–Kier alpha value is -3.19. The summed E-state index contributed by atoms with van der Waals surface area (Å²) in [6, 6.07) is 15.7. The molecule has 1 amide bonds. The summed E-state index contributed by atoms with van der Waals surface area (Å²) in [5.41, 5.74) is 8.18. The number of carbonyl (C=O) groups excluding carboxylic acids is 1. The molecule has 0 radical (unpaired) electrons. The Morgan fingerprint density at radius 3 is 2.60 bits per heavy atom. The Morgan fingerprint density at radius 1 is 1.09 bits per heavy atom. The van der Waals surface area contributed by atoms with Crippen LogP contribution in [0.4, 0.5) is 13.6 Å². The van der Waals surface area contributed by atoms with Crippen molar-refractivity contribution in [1.29, 1.82) is 0 Å². The molecule has 35 heavy (non-hydrogen) atoms. The molecule has 1 aliphatic carbocycles. The van der Waals surface area contributed by atoms with Gasteiger partial charge in [-0.1, -0.05) is 49.6 Å². The molecule has 0 spiro atoms. The van der Waals surface area contributed by atoms with Gasteiger partial charge in [0.05, 0.1) is 12.6 Å². The SMILES string of the molecule is NC(=O)OCCCN[C@@H](c1cc(-c2cc(F)ccc2F)cn1Cc1ccccc1)C1CCCCC1. The molecule has 1 aliphatic rings. The molecular weight excluding hydrogens is 448 g/mol. The summed E-state index contributed by atoms with van der Waals surface area (Å²) in [5.74, 6) is -0.480. The molecular formula is C28H33F2N3O2. The number of primary amides is 1. The van der Waals surface area contributed by atoms with Gasteiger partial charge in [-0.2, -0.15) is 0 Å². The molecule has 2 aromatic carbocycles. The van der Waals surface area contributed by atoms with Crippen molar-refractivity contribution < 1.29 is 18.3 Å². The van der Waals surface area contributed by atoms with Crippen LogP contribution in [-0.2, 0) is 11.3 Å². The van der Waals surface area contributed by atoms with E-state index in [0.29, 0.717) is 31.0 Å². The Bertz CT molecular complexity index is 1110. The number of nitrogens with two attached hydrogens (primary N) is 1. The average Bonchev–Trinajstić information content (AvgIpc) is 3.27. The van der Waals surface area contributed by atoms with Crippen LogP contribution in [0.5, 0.6) is 0 Å². The largest absolute Gasteiger partial charge is 0.450 e. The zero-order chi connectivity index (χ0) is 24.6. The van der Waals surface area contributed by atoms with Crippen LogP contribution >= 0.6 is 0 Å². The first kappa shape index (κ1) is 24.9. The second kappa shape index (κ2) is 12.0. The van der Waals surface area contributed by atoms with Crippen LogP contribution in [0.1, 0.15) is 55.8 Å². The summed E-state index contributed by atoms with van der Waals surface area (Å²) < 4.78 is 35.7. The van der Waals surface area contributed by atoms with Crippen molar-refractivity contribution in [1.82, 2.24) is 9.88 Å². The third-order valence-corrected chi connectivity index (χ3v) is 6.73. The van der Waals surface area contributed by atoms with E-state index in [1.807, 2.05) is 30.5 Å². The van der Waals surface area contributed by atoms with E-state index < -0.39 is 17.7 Å². The molecule has 3 N–H and O–H groups in total.